The maximum Gasteiger partial charge on any atom is 0.306 e. The number of hydrogen-bond donors (Lipinski definition) is 1. The molecule has 2 aromatic rings. The van der Waals surface area contributed by atoms with Crippen LogP contribution in [0.4, 0.5) is 0 Å². The van der Waals surface area contributed by atoms with E-state index in [1.807, 2.05) is 0 Å². The van der Waals surface area contributed by atoms with Crippen LogP contribution in [-0.4, -0.2) is 43.6 Å². The molecular weight excluding hydrogens is 378 g/mol. The zero-order valence-electron chi connectivity index (χ0n) is 18.2. The van der Waals surface area contributed by atoms with Crippen molar-refractivity contribution in [1.82, 2.24) is 19.4 Å². The second-order valence-electron chi connectivity index (χ2n) is 8.47. The molecule has 1 aliphatic heterocycles. The Bertz CT molecular complexity index is 893. The van der Waals surface area contributed by atoms with E-state index in [1.165, 1.54) is 31.4 Å². The van der Waals surface area contributed by atoms with Crippen molar-refractivity contribution in [2.75, 3.05) is 13.1 Å². The van der Waals surface area contributed by atoms with Gasteiger partial charge in [-0.05, 0) is 44.3 Å². The average molecular weight is 412 g/mol. The monoisotopic (exact) mass is 411 g/mol. The Morgan fingerprint density at radius 2 is 2.10 bits per heavy atom. The van der Waals surface area contributed by atoms with E-state index in [0.29, 0.717) is 18.8 Å². The molecule has 0 amide bonds. The lowest BCUT2D eigenvalue weighted by atomic mass is 9.96. The molecule has 1 saturated heterocycles. The highest BCUT2D eigenvalue weighted by atomic mass is 16.4. The van der Waals surface area contributed by atoms with Gasteiger partial charge in [0.15, 0.2) is 0 Å². The minimum atomic E-state index is -0.680. The number of carbonyl (C=O) groups is 1. The fraction of sp³-hybridized carbons (Fsp3) is 0.652. The molecule has 30 heavy (non-hydrogen) atoms. The first-order valence-electron chi connectivity index (χ1n) is 11.3. The third-order valence-electron chi connectivity index (χ3n) is 6.45. The van der Waals surface area contributed by atoms with Gasteiger partial charge in [-0.2, -0.15) is 5.26 Å². The maximum atomic E-state index is 11.2. The Balaban J connectivity index is 1.79. The van der Waals surface area contributed by atoms with Gasteiger partial charge in [0.1, 0.15) is 11.7 Å². The van der Waals surface area contributed by atoms with Crippen molar-refractivity contribution in [2.24, 2.45) is 11.8 Å². The van der Waals surface area contributed by atoms with E-state index >= 15 is 0 Å². The third kappa shape index (κ3) is 5.37. The lowest BCUT2D eigenvalue weighted by Gasteiger charge is -2.30. The zero-order valence-corrected chi connectivity index (χ0v) is 18.2. The van der Waals surface area contributed by atoms with Crippen LogP contribution in [0.25, 0.3) is 11.0 Å². The predicted octanol–water partition coefficient (Wildman–Crippen LogP) is 4.21. The normalized spacial score (nSPS) is 16.6. The van der Waals surface area contributed by atoms with E-state index in [0.717, 1.165) is 43.6 Å². The molecule has 0 saturated carbocycles. The van der Waals surface area contributed by atoms with Crippen molar-refractivity contribution < 1.29 is 9.90 Å². The summed E-state index contributed by atoms with van der Waals surface area (Å²) in [5.41, 5.74) is 2.01. The Kier molecular flexibility index (Phi) is 7.81. The second-order valence-corrected chi connectivity index (χ2v) is 8.47. The first kappa shape index (κ1) is 22.2. The number of aromatic nitrogens is 3. The molecule has 162 valence electrons. The van der Waals surface area contributed by atoms with Crippen LogP contribution < -0.4 is 0 Å². The van der Waals surface area contributed by atoms with Gasteiger partial charge in [0.05, 0.1) is 5.92 Å². The van der Waals surface area contributed by atoms with E-state index in [-0.39, 0.29) is 11.7 Å². The summed E-state index contributed by atoms with van der Waals surface area (Å²) in [6.07, 6.45) is 9.15. The quantitative estimate of drug-likeness (QED) is 0.629. The Morgan fingerprint density at radius 1 is 1.33 bits per heavy atom. The van der Waals surface area contributed by atoms with Crippen molar-refractivity contribution in [2.45, 2.75) is 71.9 Å². The highest BCUT2D eigenvalue weighted by Crippen LogP contribution is 2.25. The van der Waals surface area contributed by atoms with Crippen LogP contribution in [0.15, 0.2) is 12.3 Å². The molecule has 1 aliphatic rings. The van der Waals surface area contributed by atoms with Crippen molar-refractivity contribution in [3.8, 4) is 6.07 Å². The fourth-order valence-electron chi connectivity index (χ4n) is 4.45. The van der Waals surface area contributed by atoms with Gasteiger partial charge in [-0.25, -0.2) is 9.97 Å². The standard InChI is InChI=1S/C23H33N5O2/c1-3-5-6-17(4-2)7-12-28-20(13-19-15-25-21(14-24)26-22(19)28)16-27-10-8-18(9-11-27)23(29)30/h13,15,17-18H,3-12,16H2,1-2H3,(H,29,30). The summed E-state index contributed by atoms with van der Waals surface area (Å²) in [6, 6.07) is 4.19. The summed E-state index contributed by atoms with van der Waals surface area (Å²) in [5.74, 6) is -0.00618. The third-order valence-corrected chi connectivity index (χ3v) is 6.45. The van der Waals surface area contributed by atoms with Crippen LogP contribution in [0, 0.1) is 23.2 Å². The number of unbranched alkanes of at least 4 members (excludes halogenated alkanes) is 1. The molecule has 7 heteroatoms. The van der Waals surface area contributed by atoms with Gasteiger partial charge in [-0.15, -0.1) is 0 Å². The minimum absolute atomic E-state index is 0.202. The molecule has 0 aromatic carbocycles. The number of piperidine rings is 1. The van der Waals surface area contributed by atoms with Crippen LogP contribution in [0.5, 0.6) is 0 Å². The van der Waals surface area contributed by atoms with E-state index in [2.05, 4.69) is 45.4 Å². The molecule has 0 spiro atoms. The summed E-state index contributed by atoms with van der Waals surface area (Å²) in [4.78, 5) is 22.2. The number of rotatable bonds is 10. The Morgan fingerprint density at radius 3 is 2.73 bits per heavy atom. The first-order valence-corrected chi connectivity index (χ1v) is 11.3. The lowest BCUT2D eigenvalue weighted by molar-refractivity contribution is -0.143. The Labute approximate surface area is 178 Å². The highest BCUT2D eigenvalue weighted by Gasteiger charge is 2.25. The number of fused-ring (bicyclic) bond motifs is 1. The molecule has 0 aliphatic carbocycles. The number of carboxylic acid groups (broad SMARTS) is 1. The van der Waals surface area contributed by atoms with Gasteiger partial charge in [0.2, 0.25) is 5.82 Å². The molecule has 3 heterocycles. The molecule has 0 bridgehead atoms. The summed E-state index contributed by atoms with van der Waals surface area (Å²) in [7, 11) is 0. The zero-order chi connectivity index (χ0) is 21.5. The van der Waals surface area contributed by atoms with Gasteiger partial charge in [-0.3, -0.25) is 9.69 Å². The number of aliphatic carboxylic acids is 1. The molecule has 1 N–H and O–H groups in total. The summed E-state index contributed by atoms with van der Waals surface area (Å²) in [6.45, 7) is 7.74. The van der Waals surface area contributed by atoms with E-state index in [9.17, 15) is 15.2 Å². The van der Waals surface area contributed by atoms with Crippen molar-refractivity contribution >= 4 is 17.0 Å². The number of likely N-dealkylation sites (tertiary alicyclic amines) is 1. The lowest BCUT2D eigenvalue weighted by Crippen LogP contribution is -2.36. The van der Waals surface area contributed by atoms with Gasteiger partial charge in [0.25, 0.3) is 0 Å². The van der Waals surface area contributed by atoms with Gasteiger partial charge >= 0.3 is 5.97 Å². The molecular formula is C23H33N5O2. The summed E-state index contributed by atoms with van der Waals surface area (Å²) in [5, 5.41) is 19.4. The molecule has 0 radical (unpaired) electrons. The van der Waals surface area contributed by atoms with E-state index in [1.54, 1.807) is 6.20 Å². The van der Waals surface area contributed by atoms with Gasteiger partial charge in [0, 0.05) is 30.4 Å². The summed E-state index contributed by atoms with van der Waals surface area (Å²) >= 11 is 0. The van der Waals surface area contributed by atoms with Crippen molar-refractivity contribution in [3.63, 3.8) is 0 Å². The van der Waals surface area contributed by atoms with Crippen molar-refractivity contribution in [1.29, 1.82) is 5.26 Å². The van der Waals surface area contributed by atoms with Gasteiger partial charge < -0.3 is 9.67 Å². The van der Waals surface area contributed by atoms with E-state index < -0.39 is 5.97 Å². The Hall–Kier alpha value is -2.46. The first-order chi connectivity index (χ1) is 14.5. The molecule has 1 atom stereocenters. The molecule has 7 nitrogen and oxygen atoms in total. The molecule has 1 fully saturated rings. The minimum Gasteiger partial charge on any atom is -0.481 e. The number of hydrogen-bond acceptors (Lipinski definition) is 5. The number of aryl methyl sites for hydroxylation is 1. The largest absolute Gasteiger partial charge is 0.481 e. The van der Waals surface area contributed by atoms with Crippen LogP contribution in [-0.2, 0) is 17.9 Å². The number of nitrogens with zero attached hydrogens (tertiary/aromatic N) is 5. The van der Waals surface area contributed by atoms with E-state index in [4.69, 9.17) is 0 Å². The van der Waals surface area contributed by atoms with Crippen LogP contribution in [0.2, 0.25) is 0 Å². The van der Waals surface area contributed by atoms with Crippen LogP contribution in [0.3, 0.4) is 0 Å². The molecule has 1 unspecified atom stereocenters. The highest BCUT2D eigenvalue weighted by molar-refractivity contribution is 5.77. The molecule has 2 aromatic heterocycles. The maximum absolute atomic E-state index is 11.2. The van der Waals surface area contributed by atoms with Gasteiger partial charge in [-0.1, -0.05) is 39.5 Å². The smallest absolute Gasteiger partial charge is 0.306 e. The SMILES string of the molecule is CCCCC(CC)CCn1c(CN2CCC(C(=O)O)CC2)cc2cnc(C#N)nc21. The number of nitriles is 1. The predicted molar refractivity (Wildman–Crippen MR) is 116 cm³/mol. The fourth-order valence-corrected chi connectivity index (χ4v) is 4.45. The van der Waals surface area contributed by atoms with Crippen molar-refractivity contribution in [3.05, 3.63) is 23.8 Å². The topological polar surface area (TPSA) is 95.0 Å². The number of carboxylic acids is 1. The average Bonchev–Trinajstić information content (AvgIpc) is 3.10. The second kappa shape index (κ2) is 10.5. The van der Waals surface area contributed by atoms with Crippen LogP contribution in [0.1, 0.15) is 70.3 Å². The summed E-state index contributed by atoms with van der Waals surface area (Å²) < 4.78 is 2.26. The molecule has 3 rings (SSSR count). The van der Waals surface area contributed by atoms with Crippen LogP contribution >= 0.6 is 0 Å².